The highest BCUT2D eigenvalue weighted by Gasteiger charge is 2.14. The van der Waals surface area contributed by atoms with Crippen LogP contribution in [0.15, 0.2) is 10.5 Å². The Morgan fingerprint density at radius 3 is 2.60 bits per heavy atom. The highest BCUT2D eigenvalue weighted by molar-refractivity contribution is 5.20. The van der Waals surface area contributed by atoms with Crippen LogP contribution in [0.3, 0.4) is 0 Å². The van der Waals surface area contributed by atoms with Gasteiger partial charge < -0.3 is 9.73 Å². The van der Waals surface area contributed by atoms with Gasteiger partial charge in [-0.15, -0.1) is 0 Å². The Labute approximate surface area is 124 Å². The van der Waals surface area contributed by atoms with E-state index >= 15 is 0 Å². The molecule has 0 saturated carbocycles. The van der Waals surface area contributed by atoms with Gasteiger partial charge in [-0.1, -0.05) is 26.7 Å². The molecule has 1 aromatic rings. The fraction of sp³-hybridized carbons (Fsp3) is 0.765. The number of hydrogen-bond acceptors (Lipinski definition) is 3. The first-order valence-corrected chi connectivity index (χ1v) is 8.11. The molecule has 0 saturated heterocycles. The van der Waals surface area contributed by atoms with Gasteiger partial charge in [0.05, 0.1) is 13.1 Å². The van der Waals surface area contributed by atoms with Gasteiger partial charge >= 0.3 is 0 Å². The van der Waals surface area contributed by atoms with Gasteiger partial charge in [-0.3, -0.25) is 4.90 Å². The highest BCUT2D eigenvalue weighted by atomic mass is 16.3. The van der Waals surface area contributed by atoms with Gasteiger partial charge in [0.2, 0.25) is 0 Å². The lowest BCUT2D eigenvalue weighted by Crippen LogP contribution is -2.31. The summed E-state index contributed by atoms with van der Waals surface area (Å²) < 4.78 is 6.00. The lowest BCUT2D eigenvalue weighted by molar-refractivity contribution is 0.191. The number of aryl methyl sites for hydroxylation is 1. The molecule has 1 rings (SSSR count). The molecule has 0 aromatic carbocycles. The first kappa shape index (κ1) is 17.3. The van der Waals surface area contributed by atoms with Crippen molar-refractivity contribution in [2.45, 2.75) is 73.0 Å². The van der Waals surface area contributed by atoms with Crippen LogP contribution in [-0.2, 0) is 13.1 Å². The van der Waals surface area contributed by atoms with E-state index in [1.807, 2.05) is 0 Å². The molecule has 0 radical (unpaired) electrons. The molecule has 3 nitrogen and oxygen atoms in total. The average molecular weight is 280 g/mol. The van der Waals surface area contributed by atoms with Crippen molar-refractivity contribution in [3.05, 3.63) is 23.2 Å². The number of furan rings is 1. The Morgan fingerprint density at radius 2 is 2.00 bits per heavy atom. The summed E-state index contributed by atoms with van der Waals surface area (Å²) in [7, 11) is 0. The van der Waals surface area contributed by atoms with Crippen LogP contribution in [0.4, 0.5) is 0 Å². The second kappa shape index (κ2) is 9.19. The third kappa shape index (κ3) is 5.68. The zero-order valence-corrected chi connectivity index (χ0v) is 14.0. The van der Waals surface area contributed by atoms with E-state index in [0.717, 1.165) is 37.7 Å². The molecular formula is C17H32N2O. The number of rotatable bonds is 10. The molecule has 0 spiro atoms. The Hall–Kier alpha value is -0.800. The molecule has 116 valence electrons. The van der Waals surface area contributed by atoms with Crippen LogP contribution in [0.1, 0.15) is 64.0 Å². The second-order valence-corrected chi connectivity index (χ2v) is 5.87. The van der Waals surface area contributed by atoms with E-state index in [1.54, 1.807) is 0 Å². The van der Waals surface area contributed by atoms with E-state index in [0.29, 0.717) is 6.04 Å². The minimum Gasteiger partial charge on any atom is -0.463 e. The third-order valence-electron chi connectivity index (χ3n) is 3.75. The van der Waals surface area contributed by atoms with Crippen molar-refractivity contribution >= 4 is 0 Å². The van der Waals surface area contributed by atoms with E-state index in [4.69, 9.17) is 4.42 Å². The molecule has 0 bridgehead atoms. The Bertz CT molecular complexity index is 371. The van der Waals surface area contributed by atoms with Gasteiger partial charge in [0.1, 0.15) is 11.5 Å². The third-order valence-corrected chi connectivity index (χ3v) is 3.75. The van der Waals surface area contributed by atoms with Gasteiger partial charge in [0, 0.05) is 6.04 Å². The quantitative estimate of drug-likeness (QED) is 0.654. The topological polar surface area (TPSA) is 28.4 Å². The monoisotopic (exact) mass is 280 g/mol. The Balaban J connectivity index is 2.59. The molecular weight excluding hydrogens is 248 g/mol. The molecule has 1 heterocycles. The fourth-order valence-corrected chi connectivity index (χ4v) is 2.37. The van der Waals surface area contributed by atoms with Gasteiger partial charge in [0.15, 0.2) is 0 Å². The smallest absolute Gasteiger partial charge is 0.120 e. The Kier molecular flexibility index (Phi) is 7.93. The zero-order valence-electron chi connectivity index (χ0n) is 14.0. The number of unbranched alkanes of at least 4 members (excludes halogenated alkanes) is 2. The van der Waals surface area contributed by atoms with Crippen molar-refractivity contribution in [2.24, 2.45) is 0 Å². The summed E-state index contributed by atoms with van der Waals surface area (Å²) in [6.45, 7) is 14.9. The summed E-state index contributed by atoms with van der Waals surface area (Å²) >= 11 is 0. The first-order valence-electron chi connectivity index (χ1n) is 8.11. The van der Waals surface area contributed by atoms with Crippen LogP contribution in [-0.4, -0.2) is 24.0 Å². The van der Waals surface area contributed by atoms with Crippen molar-refractivity contribution in [2.75, 3.05) is 13.1 Å². The fourth-order valence-electron chi connectivity index (χ4n) is 2.37. The van der Waals surface area contributed by atoms with Gasteiger partial charge in [0.25, 0.3) is 0 Å². The van der Waals surface area contributed by atoms with E-state index in [1.165, 1.54) is 24.8 Å². The largest absolute Gasteiger partial charge is 0.463 e. The first-order chi connectivity index (χ1) is 9.58. The van der Waals surface area contributed by atoms with Crippen molar-refractivity contribution < 1.29 is 4.42 Å². The molecule has 0 amide bonds. The lowest BCUT2D eigenvalue weighted by atomic mass is 10.2. The predicted molar refractivity (Wildman–Crippen MR) is 85.9 cm³/mol. The molecule has 3 heteroatoms. The summed E-state index contributed by atoms with van der Waals surface area (Å²) in [6, 6.07) is 2.76. The standard InChI is InChI=1S/C17H32N2O/c1-6-8-9-10-19(14(3)4)13-16-11-15(5)17(20-16)12-18-7-2/h11,14,18H,6-10,12-13H2,1-5H3. The van der Waals surface area contributed by atoms with Crippen LogP contribution in [0, 0.1) is 6.92 Å². The lowest BCUT2D eigenvalue weighted by Gasteiger charge is -2.25. The molecule has 1 aromatic heterocycles. The van der Waals surface area contributed by atoms with Crippen molar-refractivity contribution in [3.8, 4) is 0 Å². The minimum atomic E-state index is 0.564. The molecule has 0 aliphatic heterocycles. The van der Waals surface area contributed by atoms with E-state index in [2.05, 4.69) is 50.9 Å². The van der Waals surface area contributed by atoms with Crippen molar-refractivity contribution in [3.63, 3.8) is 0 Å². The van der Waals surface area contributed by atoms with Crippen LogP contribution in [0.5, 0.6) is 0 Å². The summed E-state index contributed by atoms with van der Waals surface area (Å²) in [5, 5.41) is 3.33. The maximum atomic E-state index is 6.00. The van der Waals surface area contributed by atoms with Crippen LogP contribution >= 0.6 is 0 Å². The summed E-state index contributed by atoms with van der Waals surface area (Å²) in [5.41, 5.74) is 1.26. The van der Waals surface area contributed by atoms with E-state index in [9.17, 15) is 0 Å². The maximum absolute atomic E-state index is 6.00. The predicted octanol–water partition coefficient (Wildman–Crippen LogP) is 4.10. The highest BCUT2D eigenvalue weighted by Crippen LogP contribution is 2.18. The SMILES string of the molecule is CCCCCN(Cc1cc(C)c(CNCC)o1)C(C)C. The number of nitrogens with zero attached hydrogens (tertiary/aromatic N) is 1. The summed E-state index contributed by atoms with van der Waals surface area (Å²) in [6.07, 6.45) is 3.86. The van der Waals surface area contributed by atoms with Gasteiger partial charge in [-0.2, -0.15) is 0 Å². The van der Waals surface area contributed by atoms with E-state index in [-0.39, 0.29) is 0 Å². The molecule has 20 heavy (non-hydrogen) atoms. The molecule has 0 atom stereocenters. The molecule has 0 aliphatic carbocycles. The summed E-state index contributed by atoms with van der Waals surface area (Å²) in [4.78, 5) is 2.50. The number of hydrogen-bond donors (Lipinski definition) is 1. The Morgan fingerprint density at radius 1 is 1.25 bits per heavy atom. The van der Waals surface area contributed by atoms with Gasteiger partial charge in [-0.25, -0.2) is 0 Å². The second-order valence-electron chi connectivity index (χ2n) is 5.87. The zero-order chi connectivity index (χ0) is 15.0. The van der Waals surface area contributed by atoms with Gasteiger partial charge in [-0.05, 0) is 51.9 Å². The van der Waals surface area contributed by atoms with Crippen LogP contribution < -0.4 is 5.32 Å². The molecule has 0 unspecified atom stereocenters. The minimum absolute atomic E-state index is 0.564. The molecule has 1 N–H and O–H groups in total. The normalized spacial score (nSPS) is 11.8. The maximum Gasteiger partial charge on any atom is 0.120 e. The summed E-state index contributed by atoms with van der Waals surface area (Å²) in [5.74, 6) is 2.18. The van der Waals surface area contributed by atoms with Crippen molar-refractivity contribution in [1.82, 2.24) is 10.2 Å². The van der Waals surface area contributed by atoms with Crippen molar-refractivity contribution in [1.29, 1.82) is 0 Å². The molecule has 0 fully saturated rings. The number of nitrogens with one attached hydrogen (secondary N) is 1. The molecule has 0 aliphatic rings. The van der Waals surface area contributed by atoms with E-state index < -0.39 is 0 Å². The van der Waals surface area contributed by atoms with Crippen LogP contribution in [0.2, 0.25) is 0 Å². The average Bonchev–Trinajstić information content (AvgIpc) is 2.75. The van der Waals surface area contributed by atoms with Crippen LogP contribution in [0.25, 0.3) is 0 Å².